The van der Waals surface area contributed by atoms with Gasteiger partial charge in [0.15, 0.2) is 0 Å². The van der Waals surface area contributed by atoms with Crippen LogP contribution in [0.1, 0.15) is 52.5 Å². The molecule has 0 radical (unpaired) electrons. The number of rotatable bonds is 7. The van der Waals surface area contributed by atoms with Crippen molar-refractivity contribution in [2.75, 3.05) is 0 Å². The minimum absolute atomic E-state index is 0.0500. The number of hydrogen-bond acceptors (Lipinski definition) is 2. The Labute approximate surface area is 363 Å². The van der Waals surface area contributed by atoms with Gasteiger partial charge >= 0.3 is 0 Å². The molecule has 0 aliphatic carbocycles. The molecule has 0 fully saturated rings. The molecule has 3 aromatic heterocycles. The van der Waals surface area contributed by atoms with Crippen LogP contribution in [0.15, 0.2) is 170 Å². The van der Waals surface area contributed by atoms with Crippen LogP contribution in [0.2, 0.25) is 0 Å². The summed E-state index contributed by atoms with van der Waals surface area (Å²) in [4.78, 5) is 4.28. The maximum Gasteiger partial charge on any atom is 0.269 e. The second kappa shape index (κ2) is 13.8. The molecule has 0 aliphatic rings. The fraction of sp³-hybridized carbons (Fsp3) is 0.0769. The lowest BCUT2D eigenvalue weighted by Gasteiger charge is -2.17. The first-order valence-corrected chi connectivity index (χ1v) is 17.6. The molecule has 274 valence electrons. The van der Waals surface area contributed by atoms with Crippen LogP contribution in [0.5, 0.6) is 11.5 Å². The van der Waals surface area contributed by atoms with E-state index < -0.39 is 116 Å². The Morgan fingerprint density at radius 1 is 0.596 bits per heavy atom. The number of fused-ring (bicyclic) bond motifs is 4. The molecule has 3 heterocycles. The van der Waals surface area contributed by atoms with Crippen LogP contribution in [-0.4, -0.2) is 14.1 Å². The first-order valence-electron chi connectivity index (χ1n) is 28.6. The van der Waals surface area contributed by atoms with Gasteiger partial charge < -0.3 is 4.74 Å². The molecule has 5 nitrogen and oxygen atoms in total. The number of hydrogen-bond donors (Lipinski definition) is 0. The van der Waals surface area contributed by atoms with E-state index in [-0.39, 0.29) is 50.5 Å². The van der Waals surface area contributed by atoms with E-state index in [2.05, 4.69) is 11.3 Å². The zero-order valence-electron chi connectivity index (χ0n) is 51.6. The number of benzene rings is 7. The highest BCUT2D eigenvalue weighted by molar-refractivity contribution is 6.09. The van der Waals surface area contributed by atoms with Crippen LogP contribution < -0.4 is 9.30 Å². The van der Waals surface area contributed by atoms with Gasteiger partial charge in [0.2, 0.25) is 0 Å². The maximum atomic E-state index is 9.00. The number of pyridine rings is 1. The van der Waals surface area contributed by atoms with Gasteiger partial charge in [-0.25, -0.2) is 4.98 Å². The molecule has 0 atom stereocenters. The van der Waals surface area contributed by atoms with E-state index in [0.717, 1.165) is 0 Å². The summed E-state index contributed by atoms with van der Waals surface area (Å²) in [6, 6.07) is 23.5. The standard InChI is InChI=1S/C52H40N4O/c1-34-35(2)37(4)53-52(36(34)3)56-47-26-12-11-23-45(47)46-30-29-42(32-50(46)56)57-41-22-15-21-40(31-41)54-33-55(49-28-14-13-27-48(49)54)51-43(38-17-7-5-8-18-38)24-16-25-44(51)39-19-9-6-10-20-39/h5-32H,1-4H3/i1D3,2D3,3D3,4D3,5D,6D,7D,8D,9D,10D,17D,18D,19D,20D. The molecule has 0 amide bonds. The van der Waals surface area contributed by atoms with Crippen LogP contribution in [0.25, 0.3) is 72.3 Å². The Kier molecular flexibility index (Phi) is 4.39. The van der Waals surface area contributed by atoms with E-state index in [9.17, 15) is 0 Å². The van der Waals surface area contributed by atoms with Gasteiger partial charge in [-0.3, -0.25) is 13.7 Å². The summed E-state index contributed by atoms with van der Waals surface area (Å²) in [7, 11) is 0. The lowest BCUT2D eigenvalue weighted by molar-refractivity contribution is -0.571. The molecule has 10 rings (SSSR count). The lowest BCUT2D eigenvalue weighted by Crippen LogP contribution is -2.31. The second-order valence-corrected chi connectivity index (χ2v) is 13.0. The highest BCUT2D eigenvalue weighted by Gasteiger charge is 2.21. The maximum absolute atomic E-state index is 9.00. The van der Waals surface area contributed by atoms with Crippen LogP contribution in [0.4, 0.5) is 0 Å². The van der Waals surface area contributed by atoms with Gasteiger partial charge in [0.05, 0.1) is 47.1 Å². The van der Waals surface area contributed by atoms with E-state index in [4.69, 9.17) is 34.9 Å². The molecule has 0 bridgehead atoms. The third kappa shape index (κ3) is 5.78. The monoisotopic (exact) mass is 758 g/mol. The Balaban J connectivity index is 1.18. The van der Waals surface area contributed by atoms with Crippen molar-refractivity contribution in [1.82, 2.24) is 14.1 Å². The van der Waals surface area contributed by atoms with Gasteiger partial charge in [0.1, 0.15) is 17.3 Å². The van der Waals surface area contributed by atoms with Crippen LogP contribution in [-0.2, 0) is 0 Å². The summed E-state index contributed by atoms with van der Waals surface area (Å²) in [5, 5.41) is 0.993. The zero-order chi connectivity index (χ0) is 57.3. The molecule has 0 unspecified atom stereocenters. The topological polar surface area (TPSA) is 35.9 Å². The lowest BCUT2D eigenvalue weighted by atomic mass is 9.95. The van der Waals surface area contributed by atoms with Crippen molar-refractivity contribution in [1.29, 1.82) is 0 Å². The summed E-state index contributed by atoms with van der Waals surface area (Å²) < 4.78 is 199. The fourth-order valence-electron chi connectivity index (χ4n) is 7.17. The van der Waals surface area contributed by atoms with Gasteiger partial charge in [0.25, 0.3) is 6.33 Å². The van der Waals surface area contributed by atoms with Crippen LogP contribution in [0, 0.1) is 33.7 Å². The van der Waals surface area contributed by atoms with Crippen LogP contribution in [0.3, 0.4) is 0 Å². The molecule has 0 spiro atoms. The van der Waals surface area contributed by atoms with Crippen LogP contribution >= 0.6 is 0 Å². The van der Waals surface area contributed by atoms with E-state index in [1.54, 1.807) is 89.5 Å². The van der Waals surface area contributed by atoms with Gasteiger partial charge in [-0.1, -0.05) is 127 Å². The predicted molar refractivity (Wildman–Crippen MR) is 232 cm³/mol. The van der Waals surface area contributed by atoms with E-state index in [1.165, 1.54) is 33.4 Å². The summed E-state index contributed by atoms with van der Waals surface area (Å²) in [5.41, 5.74) is -2.96. The molecule has 10 aromatic rings. The smallest absolute Gasteiger partial charge is 0.269 e. The van der Waals surface area contributed by atoms with Gasteiger partial charge in [0, 0.05) is 39.0 Å². The highest BCUT2D eigenvalue weighted by Crippen LogP contribution is 2.38. The molecule has 57 heavy (non-hydrogen) atoms. The Bertz CT molecular complexity index is 4040. The summed E-state index contributed by atoms with van der Waals surface area (Å²) in [6.07, 6.45) is 3.32. The van der Waals surface area contributed by atoms with Gasteiger partial charge in [-0.2, -0.15) is 0 Å². The van der Waals surface area contributed by atoms with Gasteiger partial charge in [-0.15, -0.1) is 0 Å². The van der Waals surface area contributed by atoms with Crippen molar-refractivity contribution in [2.45, 2.75) is 27.4 Å². The number of nitrogens with zero attached hydrogens (tertiary/aromatic N) is 4. The fourth-order valence-corrected chi connectivity index (χ4v) is 7.17. The predicted octanol–water partition coefficient (Wildman–Crippen LogP) is 12.6. The number of ether oxygens (including phenoxy) is 1. The average molecular weight is 759 g/mol. The van der Waals surface area contributed by atoms with Crippen molar-refractivity contribution in [3.8, 4) is 50.9 Å². The number of aryl methyl sites for hydroxylation is 1. The largest absolute Gasteiger partial charge is 0.458 e. The third-order valence-electron chi connectivity index (χ3n) is 9.71. The van der Waals surface area contributed by atoms with E-state index >= 15 is 0 Å². The highest BCUT2D eigenvalue weighted by atomic mass is 16.5. The SMILES string of the molecule is [2H]c1c([2H])c([2H])c(-c2cccc(-c3c([2H])c([2H])c([2H])c([2H])c3[2H])c2-[n+]2[c-]n(-c3cccc(Oc4ccc5c6ccccc6n(-c6nc(C([2H])([2H])[2H])c(C([2H])([2H])[2H])c(C([2H])([2H])[2H])c6C([2H])([2H])[2H])c5c4)c3)c3ccccc32)c([2H])c1[2H]. The van der Waals surface area contributed by atoms with Crippen molar-refractivity contribution < 1.29 is 39.5 Å². The average Bonchev–Trinajstić information content (AvgIpc) is 4.20. The zero-order valence-corrected chi connectivity index (χ0v) is 29.6. The minimum atomic E-state index is -3.45. The van der Waals surface area contributed by atoms with Gasteiger partial charge in [-0.05, 0) is 103 Å². The number of imidazole rings is 1. The molecule has 0 saturated carbocycles. The molecular weight excluding hydrogens is 697 g/mol. The van der Waals surface area contributed by atoms with Crippen molar-refractivity contribution in [3.63, 3.8) is 0 Å². The second-order valence-electron chi connectivity index (χ2n) is 13.0. The Morgan fingerprint density at radius 2 is 1.26 bits per heavy atom. The van der Waals surface area contributed by atoms with E-state index in [1.807, 2.05) is 0 Å². The van der Waals surface area contributed by atoms with Crippen molar-refractivity contribution in [2.24, 2.45) is 0 Å². The first kappa shape index (κ1) is 18.1. The molecule has 5 heteroatoms. The number of aromatic nitrogens is 4. The normalized spacial score (nSPS) is 18.0. The summed E-state index contributed by atoms with van der Waals surface area (Å²) in [6.45, 7) is -13.6. The summed E-state index contributed by atoms with van der Waals surface area (Å²) in [5.74, 6) is -0.279. The molecule has 0 saturated heterocycles. The molecular formula is C52H40N4O. The molecule has 7 aromatic carbocycles. The Hall–Kier alpha value is -7.24. The molecule has 0 N–H and O–H groups in total. The minimum Gasteiger partial charge on any atom is -0.458 e. The first-order chi connectivity index (χ1) is 36.9. The summed E-state index contributed by atoms with van der Waals surface area (Å²) >= 11 is 0. The van der Waals surface area contributed by atoms with Crippen molar-refractivity contribution >= 4 is 32.8 Å². The van der Waals surface area contributed by atoms with Crippen molar-refractivity contribution in [3.05, 3.63) is 198 Å². The number of para-hydroxylation sites is 4. The molecule has 0 aliphatic heterocycles. The Morgan fingerprint density at radius 3 is 2.00 bits per heavy atom. The third-order valence-corrected chi connectivity index (χ3v) is 9.71. The quantitative estimate of drug-likeness (QED) is 0.120. The van der Waals surface area contributed by atoms with E-state index in [0.29, 0.717) is 27.5 Å².